The maximum atomic E-state index is 5.59. The zero-order valence-corrected chi connectivity index (χ0v) is 11.2. The van der Waals surface area contributed by atoms with Crippen LogP contribution in [0.2, 0.25) is 0 Å². The molecule has 0 bridgehead atoms. The minimum absolute atomic E-state index is 0.263. The van der Waals surface area contributed by atoms with Gasteiger partial charge in [0.05, 0.1) is 42.5 Å². The number of aromatic nitrogens is 1. The Morgan fingerprint density at radius 2 is 2.50 bits per heavy atom. The van der Waals surface area contributed by atoms with Crippen molar-refractivity contribution in [2.24, 2.45) is 0 Å². The van der Waals surface area contributed by atoms with Gasteiger partial charge in [0.25, 0.3) is 0 Å². The number of ether oxygens (including phenoxy) is 1. The average molecular weight is 264 g/mol. The third-order valence-corrected chi connectivity index (χ3v) is 3.98. The topological polar surface area (TPSA) is 38.5 Å². The Morgan fingerprint density at radius 1 is 1.56 bits per heavy atom. The van der Waals surface area contributed by atoms with Crippen molar-refractivity contribution in [2.75, 3.05) is 19.8 Å². The van der Waals surface area contributed by atoms with Crippen LogP contribution in [-0.4, -0.2) is 29.6 Å². The molecule has 3 rings (SSSR count). The molecule has 1 aliphatic heterocycles. The van der Waals surface area contributed by atoms with Gasteiger partial charge in [-0.3, -0.25) is 4.90 Å². The summed E-state index contributed by atoms with van der Waals surface area (Å²) < 4.78 is 10.7. The van der Waals surface area contributed by atoms with Gasteiger partial charge in [-0.05, 0) is 13.0 Å². The molecule has 2 aromatic heterocycles. The van der Waals surface area contributed by atoms with E-state index in [-0.39, 0.29) is 6.04 Å². The molecule has 2 aromatic rings. The third kappa shape index (κ3) is 2.48. The lowest BCUT2D eigenvalue weighted by Crippen LogP contribution is -2.39. The number of aryl methyl sites for hydroxylation is 1. The highest BCUT2D eigenvalue weighted by Gasteiger charge is 2.26. The van der Waals surface area contributed by atoms with Crippen molar-refractivity contribution in [3.05, 3.63) is 40.2 Å². The van der Waals surface area contributed by atoms with E-state index in [0.29, 0.717) is 0 Å². The van der Waals surface area contributed by atoms with E-state index in [1.54, 1.807) is 23.9 Å². The standard InChI is InChI=1S/C13H16N2O2S/c1-10-14-12(9-18-10)13-8-17-5-3-15(13)6-11-2-4-16-7-11/h2,4,7,9,13H,3,5-6,8H2,1H3. The van der Waals surface area contributed by atoms with Crippen LogP contribution in [0, 0.1) is 6.92 Å². The normalized spacial score (nSPS) is 21.3. The zero-order chi connectivity index (χ0) is 12.4. The Morgan fingerprint density at radius 3 is 3.22 bits per heavy atom. The third-order valence-electron chi connectivity index (χ3n) is 3.18. The summed E-state index contributed by atoms with van der Waals surface area (Å²) in [5.74, 6) is 0. The van der Waals surface area contributed by atoms with Gasteiger partial charge >= 0.3 is 0 Å². The molecule has 0 amide bonds. The molecule has 4 nitrogen and oxygen atoms in total. The zero-order valence-electron chi connectivity index (χ0n) is 10.3. The second kappa shape index (κ2) is 5.22. The van der Waals surface area contributed by atoms with Crippen molar-refractivity contribution in [2.45, 2.75) is 19.5 Å². The molecule has 0 saturated carbocycles. The number of morpholine rings is 1. The number of nitrogens with zero attached hydrogens (tertiary/aromatic N) is 2. The molecule has 5 heteroatoms. The SMILES string of the molecule is Cc1nc(C2COCCN2Cc2ccoc2)cs1. The van der Waals surface area contributed by atoms with Gasteiger partial charge in [-0.1, -0.05) is 0 Å². The molecular weight excluding hydrogens is 248 g/mol. The van der Waals surface area contributed by atoms with E-state index in [1.165, 1.54) is 5.56 Å². The van der Waals surface area contributed by atoms with Gasteiger partial charge in [-0.15, -0.1) is 11.3 Å². The van der Waals surface area contributed by atoms with Crippen molar-refractivity contribution in [1.82, 2.24) is 9.88 Å². The monoisotopic (exact) mass is 264 g/mol. The molecule has 1 atom stereocenters. The molecule has 0 N–H and O–H groups in total. The highest BCUT2D eigenvalue weighted by Crippen LogP contribution is 2.26. The molecule has 0 aliphatic carbocycles. The van der Waals surface area contributed by atoms with Gasteiger partial charge in [-0.25, -0.2) is 4.98 Å². The summed E-state index contributed by atoms with van der Waals surface area (Å²) in [6.45, 7) is 5.38. The smallest absolute Gasteiger partial charge is 0.0947 e. The van der Waals surface area contributed by atoms with E-state index in [1.807, 2.05) is 13.0 Å². The van der Waals surface area contributed by atoms with Crippen molar-refractivity contribution >= 4 is 11.3 Å². The molecular formula is C13H16N2O2S. The maximum absolute atomic E-state index is 5.59. The van der Waals surface area contributed by atoms with Crippen LogP contribution >= 0.6 is 11.3 Å². The van der Waals surface area contributed by atoms with Crippen LogP contribution < -0.4 is 0 Å². The van der Waals surface area contributed by atoms with Gasteiger partial charge in [-0.2, -0.15) is 0 Å². The van der Waals surface area contributed by atoms with E-state index in [4.69, 9.17) is 9.15 Å². The fourth-order valence-electron chi connectivity index (χ4n) is 2.25. The molecule has 1 unspecified atom stereocenters. The van der Waals surface area contributed by atoms with Crippen molar-refractivity contribution < 1.29 is 9.15 Å². The van der Waals surface area contributed by atoms with E-state index in [9.17, 15) is 0 Å². The molecule has 3 heterocycles. The van der Waals surface area contributed by atoms with Crippen LogP contribution in [0.3, 0.4) is 0 Å². The second-order valence-corrected chi connectivity index (χ2v) is 5.55. The molecule has 0 aromatic carbocycles. The van der Waals surface area contributed by atoms with Crippen LogP contribution in [0.5, 0.6) is 0 Å². The lowest BCUT2D eigenvalue weighted by Gasteiger charge is -2.34. The van der Waals surface area contributed by atoms with Gasteiger partial charge < -0.3 is 9.15 Å². The Hall–Kier alpha value is -1.17. The summed E-state index contributed by atoms with van der Waals surface area (Å²) in [5.41, 5.74) is 2.33. The first-order valence-corrected chi connectivity index (χ1v) is 6.96. The number of thiazole rings is 1. The Labute approximate surface area is 110 Å². The Bertz CT molecular complexity index is 495. The first kappa shape index (κ1) is 11.9. The predicted octanol–water partition coefficient (Wildman–Crippen LogP) is 2.62. The van der Waals surface area contributed by atoms with E-state index in [2.05, 4.69) is 15.3 Å². The lowest BCUT2D eigenvalue weighted by atomic mass is 10.1. The van der Waals surface area contributed by atoms with Crippen molar-refractivity contribution in [3.63, 3.8) is 0 Å². The first-order chi connectivity index (χ1) is 8.83. The summed E-state index contributed by atoms with van der Waals surface area (Å²) in [7, 11) is 0. The summed E-state index contributed by atoms with van der Waals surface area (Å²) in [6, 6.07) is 2.28. The molecule has 1 fully saturated rings. The first-order valence-electron chi connectivity index (χ1n) is 6.08. The summed E-state index contributed by atoms with van der Waals surface area (Å²) >= 11 is 1.70. The molecule has 0 spiro atoms. The van der Waals surface area contributed by atoms with Crippen LogP contribution in [0.15, 0.2) is 28.4 Å². The predicted molar refractivity (Wildman–Crippen MR) is 69.5 cm³/mol. The highest BCUT2D eigenvalue weighted by molar-refractivity contribution is 7.09. The van der Waals surface area contributed by atoms with Crippen LogP contribution in [0.1, 0.15) is 22.3 Å². The van der Waals surface area contributed by atoms with Crippen LogP contribution in [0.25, 0.3) is 0 Å². The summed E-state index contributed by atoms with van der Waals surface area (Å²) in [4.78, 5) is 6.99. The van der Waals surface area contributed by atoms with E-state index >= 15 is 0 Å². The minimum Gasteiger partial charge on any atom is -0.472 e. The molecule has 18 heavy (non-hydrogen) atoms. The van der Waals surface area contributed by atoms with Gasteiger partial charge in [0.1, 0.15) is 0 Å². The number of furan rings is 1. The molecule has 1 saturated heterocycles. The maximum Gasteiger partial charge on any atom is 0.0947 e. The largest absolute Gasteiger partial charge is 0.472 e. The van der Waals surface area contributed by atoms with E-state index in [0.717, 1.165) is 37.0 Å². The highest BCUT2D eigenvalue weighted by atomic mass is 32.1. The molecule has 0 radical (unpaired) electrons. The van der Waals surface area contributed by atoms with Crippen LogP contribution in [-0.2, 0) is 11.3 Å². The minimum atomic E-state index is 0.263. The van der Waals surface area contributed by atoms with Crippen molar-refractivity contribution in [1.29, 1.82) is 0 Å². The fourth-order valence-corrected chi connectivity index (χ4v) is 2.91. The Balaban J connectivity index is 1.77. The van der Waals surface area contributed by atoms with Gasteiger partial charge in [0.2, 0.25) is 0 Å². The summed E-state index contributed by atoms with van der Waals surface area (Å²) in [5, 5.41) is 3.25. The Kier molecular flexibility index (Phi) is 3.45. The average Bonchev–Trinajstić information content (AvgIpc) is 3.02. The number of hydrogen-bond acceptors (Lipinski definition) is 5. The lowest BCUT2D eigenvalue weighted by molar-refractivity contribution is -0.0141. The second-order valence-electron chi connectivity index (χ2n) is 4.48. The fraction of sp³-hybridized carbons (Fsp3) is 0.462. The quantitative estimate of drug-likeness (QED) is 0.854. The molecule has 96 valence electrons. The van der Waals surface area contributed by atoms with Crippen molar-refractivity contribution in [3.8, 4) is 0 Å². The number of rotatable bonds is 3. The number of hydrogen-bond donors (Lipinski definition) is 0. The van der Waals surface area contributed by atoms with Crippen LogP contribution in [0.4, 0.5) is 0 Å². The molecule has 1 aliphatic rings. The van der Waals surface area contributed by atoms with E-state index < -0.39 is 0 Å². The van der Waals surface area contributed by atoms with Gasteiger partial charge in [0.15, 0.2) is 0 Å². The summed E-state index contributed by atoms with van der Waals surface area (Å²) in [6.07, 6.45) is 3.52. The van der Waals surface area contributed by atoms with Gasteiger partial charge in [0, 0.05) is 24.0 Å².